The first-order chi connectivity index (χ1) is 10.1. The minimum Gasteiger partial charge on any atom is -0.361 e. The van der Waals surface area contributed by atoms with Crippen LogP contribution in [0.5, 0.6) is 0 Å². The highest BCUT2D eigenvalue weighted by atomic mass is 16.6. The second kappa shape index (κ2) is 5.60. The molecule has 0 radical (unpaired) electrons. The number of rotatable bonds is 2. The van der Waals surface area contributed by atoms with Crippen LogP contribution in [0.15, 0.2) is 60.7 Å². The van der Waals surface area contributed by atoms with E-state index in [9.17, 15) is 5.11 Å². The van der Waals surface area contributed by atoms with Crippen LogP contribution in [0.4, 0.5) is 0 Å². The van der Waals surface area contributed by atoms with E-state index < -0.39 is 5.79 Å². The molecule has 0 bridgehead atoms. The van der Waals surface area contributed by atoms with Gasteiger partial charge in [0.15, 0.2) is 0 Å². The van der Waals surface area contributed by atoms with Crippen molar-refractivity contribution >= 4 is 0 Å². The molecular formula is C18H21NO2. The molecule has 3 heteroatoms. The zero-order valence-corrected chi connectivity index (χ0v) is 12.4. The van der Waals surface area contributed by atoms with E-state index >= 15 is 0 Å². The minimum atomic E-state index is -1.27. The molecule has 1 aliphatic rings. The van der Waals surface area contributed by atoms with E-state index in [-0.39, 0.29) is 12.1 Å². The third kappa shape index (κ3) is 2.72. The minimum absolute atomic E-state index is 0.157. The van der Waals surface area contributed by atoms with Gasteiger partial charge in [0.05, 0.1) is 6.54 Å². The average molecular weight is 283 g/mol. The van der Waals surface area contributed by atoms with Crippen molar-refractivity contribution in [1.29, 1.82) is 0 Å². The van der Waals surface area contributed by atoms with Gasteiger partial charge >= 0.3 is 0 Å². The maximum Gasteiger partial charge on any atom is 0.206 e. The normalized spacial score (nSPS) is 30.2. The fraction of sp³-hybridized carbons (Fsp3) is 0.333. The fourth-order valence-corrected chi connectivity index (χ4v) is 2.91. The molecule has 2 aromatic carbocycles. The van der Waals surface area contributed by atoms with Gasteiger partial charge < -0.3 is 9.84 Å². The molecule has 0 aliphatic carbocycles. The second-order valence-corrected chi connectivity index (χ2v) is 5.76. The lowest BCUT2D eigenvalue weighted by atomic mass is 9.96. The molecule has 3 nitrogen and oxygen atoms in total. The van der Waals surface area contributed by atoms with Gasteiger partial charge in [-0.3, -0.25) is 4.90 Å². The molecule has 3 atom stereocenters. The lowest BCUT2D eigenvalue weighted by molar-refractivity contribution is -0.289. The van der Waals surface area contributed by atoms with Crippen LogP contribution < -0.4 is 0 Å². The molecule has 110 valence electrons. The predicted molar refractivity (Wildman–Crippen MR) is 82.7 cm³/mol. The summed E-state index contributed by atoms with van der Waals surface area (Å²) in [6.07, 6.45) is -0.157. The molecule has 0 saturated carbocycles. The van der Waals surface area contributed by atoms with Crippen LogP contribution >= 0.6 is 0 Å². The van der Waals surface area contributed by atoms with Crippen LogP contribution in [0.25, 0.3) is 0 Å². The smallest absolute Gasteiger partial charge is 0.206 e. The van der Waals surface area contributed by atoms with E-state index in [1.807, 2.05) is 67.7 Å². The van der Waals surface area contributed by atoms with Crippen molar-refractivity contribution < 1.29 is 9.84 Å². The predicted octanol–water partition coefficient (Wildman–Crippen LogP) is 2.92. The number of nitrogens with zero attached hydrogens (tertiary/aromatic N) is 1. The molecule has 3 rings (SSSR count). The summed E-state index contributed by atoms with van der Waals surface area (Å²) in [5.41, 5.74) is 1.88. The number of morpholine rings is 1. The Bertz CT molecular complexity index is 587. The van der Waals surface area contributed by atoms with Gasteiger partial charge in [0, 0.05) is 11.6 Å². The van der Waals surface area contributed by atoms with Gasteiger partial charge in [-0.05, 0) is 19.5 Å². The van der Waals surface area contributed by atoms with Gasteiger partial charge in [-0.25, -0.2) is 0 Å². The lowest BCUT2D eigenvalue weighted by Gasteiger charge is -2.46. The Morgan fingerprint density at radius 2 is 1.62 bits per heavy atom. The molecule has 0 amide bonds. The Morgan fingerprint density at radius 1 is 1.05 bits per heavy atom. The molecule has 1 N–H and O–H groups in total. The summed E-state index contributed by atoms with van der Waals surface area (Å²) in [4.78, 5) is 2.15. The second-order valence-electron chi connectivity index (χ2n) is 5.76. The zero-order valence-electron chi connectivity index (χ0n) is 12.4. The first-order valence-electron chi connectivity index (χ1n) is 7.31. The largest absolute Gasteiger partial charge is 0.361 e. The first kappa shape index (κ1) is 14.3. The molecular weight excluding hydrogens is 262 g/mol. The van der Waals surface area contributed by atoms with E-state index in [2.05, 4.69) is 11.8 Å². The van der Waals surface area contributed by atoms with Gasteiger partial charge in [-0.1, -0.05) is 60.7 Å². The van der Waals surface area contributed by atoms with Gasteiger partial charge in [0.25, 0.3) is 0 Å². The van der Waals surface area contributed by atoms with Crippen molar-refractivity contribution in [1.82, 2.24) is 4.90 Å². The van der Waals surface area contributed by atoms with Crippen molar-refractivity contribution in [3.8, 4) is 0 Å². The number of likely N-dealkylation sites (N-methyl/N-ethyl adjacent to an activating group) is 1. The summed E-state index contributed by atoms with van der Waals surface area (Å²) in [6.45, 7) is 2.59. The Balaban J connectivity index is 1.95. The van der Waals surface area contributed by atoms with Crippen LogP contribution in [-0.4, -0.2) is 29.6 Å². The number of β-amino-alcohol motifs (C(OH)–C–C–N with tert-alkyl or cyclic N) is 1. The maximum absolute atomic E-state index is 11.0. The molecule has 1 fully saturated rings. The summed E-state index contributed by atoms with van der Waals surface area (Å²) in [6, 6.07) is 19.9. The molecule has 0 aromatic heterocycles. The van der Waals surface area contributed by atoms with Crippen molar-refractivity contribution in [3.63, 3.8) is 0 Å². The summed E-state index contributed by atoms with van der Waals surface area (Å²) in [5.74, 6) is -1.27. The van der Waals surface area contributed by atoms with E-state index in [1.54, 1.807) is 0 Å². The quantitative estimate of drug-likeness (QED) is 0.920. The van der Waals surface area contributed by atoms with Gasteiger partial charge in [0.2, 0.25) is 5.79 Å². The highest BCUT2D eigenvalue weighted by Gasteiger charge is 2.43. The standard InChI is InChI=1S/C18H21NO2/c1-14-17(15-9-5-3-6-10-15)21-18(20,13-19(14)2)16-11-7-4-8-12-16/h3-12,14,17,20H,13H2,1-2H3/t14-,17+,18?/m0/s1. The van der Waals surface area contributed by atoms with Gasteiger partial charge in [-0.2, -0.15) is 0 Å². The molecule has 2 aromatic rings. The van der Waals surface area contributed by atoms with E-state index in [1.165, 1.54) is 0 Å². The topological polar surface area (TPSA) is 32.7 Å². The average Bonchev–Trinajstić information content (AvgIpc) is 2.53. The van der Waals surface area contributed by atoms with Crippen molar-refractivity contribution in [2.75, 3.05) is 13.6 Å². The van der Waals surface area contributed by atoms with E-state index in [0.29, 0.717) is 6.54 Å². The number of ether oxygens (including phenoxy) is 1. The molecule has 1 aliphatic heterocycles. The van der Waals surface area contributed by atoms with Crippen molar-refractivity contribution in [2.45, 2.75) is 24.9 Å². The molecule has 1 unspecified atom stereocenters. The third-order valence-corrected chi connectivity index (χ3v) is 4.27. The van der Waals surface area contributed by atoms with Crippen molar-refractivity contribution in [2.24, 2.45) is 0 Å². The van der Waals surface area contributed by atoms with Crippen LogP contribution in [-0.2, 0) is 10.5 Å². The Labute approximate surface area is 125 Å². The number of aliphatic hydroxyl groups is 1. The highest BCUT2D eigenvalue weighted by Crippen LogP contribution is 2.38. The molecule has 1 saturated heterocycles. The fourth-order valence-electron chi connectivity index (χ4n) is 2.91. The molecule has 1 heterocycles. The first-order valence-corrected chi connectivity index (χ1v) is 7.31. The lowest BCUT2D eigenvalue weighted by Crippen LogP contribution is -2.53. The van der Waals surface area contributed by atoms with E-state index in [0.717, 1.165) is 11.1 Å². The van der Waals surface area contributed by atoms with Crippen molar-refractivity contribution in [3.05, 3.63) is 71.8 Å². The SMILES string of the molecule is C[C@H]1[C@H](c2ccccc2)OC(O)(c2ccccc2)CN1C. The van der Waals surface area contributed by atoms with E-state index in [4.69, 9.17) is 4.74 Å². The summed E-state index contributed by atoms with van der Waals surface area (Å²) in [7, 11) is 2.02. The Kier molecular flexibility index (Phi) is 3.81. The van der Waals surface area contributed by atoms with Crippen LogP contribution in [0, 0.1) is 0 Å². The number of hydrogen-bond donors (Lipinski definition) is 1. The molecule has 0 spiro atoms. The Morgan fingerprint density at radius 3 is 2.24 bits per heavy atom. The molecule has 21 heavy (non-hydrogen) atoms. The van der Waals surface area contributed by atoms with Crippen LogP contribution in [0.1, 0.15) is 24.2 Å². The Hall–Kier alpha value is -1.68. The number of benzene rings is 2. The monoisotopic (exact) mass is 283 g/mol. The van der Waals surface area contributed by atoms with Gasteiger partial charge in [0.1, 0.15) is 6.10 Å². The van der Waals surface area contributed by atoms with Crippen LogP contribution in [0.3, 0.4) is 0 Å². The van der Waals surface area contributed by atoms with Crippen LogP contribution in [0.2, 0.25) is 0 Å². The number of hydrogen-bond acceptors (Lipinski definition) is 3. The highest BCUT2D eigenvalue weighted by molar-refractivity contribution is 5.24. The zero-order chi connectivity index (χ0) is 14.9. The summed E-state index contributed by atoms with van der Waals surface area (Å²) < 4.78 is 6.14. The third-order valence-electron chi connectivity index (χ3n) is 4.27. The maximum atomic E-state index is 11.0. The summed E-state index contributed by atoms with van der Waals surface area (Å²) >= 11 is 0. The van der Waals surface area contributed by atoms with Gasteiger partial charge in [-0.15, -0.1) is 0 Å². The summed E-state index contributed by atoms with van der Waals surface area (Å²) in [5, 5.41) is 11.0.